The van der Waals surface area contributed by atoms with Gasteiger partial charge in [0.25, 0.3) is 0 Å². The van der Waals surface area contributed by atoms with E-state index in [1.807, 2.05) is 62.3 Å². The molecule has 1 aliphatic rings. The third-order valence-corrected chi connectivity index (χ3v) is 4.25. The van der Waals surface area contributed by atoms with Crippen molar-refractivity contribution in [3.63, 3.8) is 0 Å². The van der Waals surface area contributed by atoms with Crippen LogP contribution in [0.5, 0.6) is 5.75 Å². The van der Waals surface area contributed by atoms with Crippen molar-refractivity contribution in [3.05, 3.63) is 65.2 Å². The van der Waals surface area contributed by atoms with Gasteiger partial charge in [0.2, 0.25) is 0 Å². The summed E-state index contributed by atoms with van der Waals surface area (Å²) in [6.07, 6.45) is 0.282. The van der Waals surface area contributed by atoms with Gasteiger partial charge < -0.3 is 14.7 Å². The molecule has 0 radical (unpaired) electrons. The van der Waals surface area contributed by atoms with Crippen molar-refractivity contribution >= 4 is 0 Å². The summed E-state index contributed by atoms with van der Waals surface area (Å²) in [5, 5.41) is 11.2. The van der Waals surface area contributed by atoms with Crippen LogP contribution in [0, 0.1) is 6.92 Å². The van der Waals surface area contributed by atoms with E-state index >= 15 is 0 Å². The van der Waals surface area contributed by atoms with Gasteiger partial charge in [0.1, 0.15) is 11.4 Å². The number of para-hydroxylation sites is 1. The summed E-state index contributed by atoms with van der Waals surface area (Å²) in [5.41, 5.74) is 2.44. The quantitative estimate of drug-likeness (QED) is 0.942. The summed E-state index contributed by atoms with van der Waals surface area (Å²) >= 11 is 0. The van der Waals surface area contributed by atoms with Crippen LogP contribution in [0.2, 0.25) is 0 Å². The van der Waals surface area contributed by atoms with Gasteiger partial charge in [-0.2, -0.15) is 0 Å². The van der Waals surface area contributed by atoms with Crippen molar-refractivity contribution in [2.75, 3.05) is 20.6 Å². The Morgan fingerprint density at radius 1 is 1.14 bits per heavy atom. The second-order valence-corrected chi connectivity index (χ2v) is 6.48. The maximum atomic E-state index is 11.2. The van der Waals surface area contributed by atoms with E-state index in [1.165, 1.54) is 5.56 Å². The molecule has 0 heterocycles. The van der Waals surface area contributed by atoms with Crippen molar-refractivity contribution in [1.82, 2.24) is 4.90 Å². The van der Waals surface area contributed by atoms with Crippen LogP contribution in [0.15, 0.2) is 48.5 Å². The molecule has 2 aromatic rings. The van der Waals surface area contributed by atoms with Gasteiger partial charge in [-0.1, -0.05) is 42.5 Å². The number of aliphatic hydroxyl groups is 1. The maximum absolute atomic E-state index is 11.2. The number of ether oxygens (including phenoxy) is 1. The molecule has 0 aliphatic heterocycles. The molecule has 0 saturated heterocycles. The van der Waals surface area contributed by atoms with Crippen LogP contribution in [-0.4, -0.2) is 36.2 Å². The van der Waals surface area contributed by atoms with E-state index in [9.17, 15) is 5.11 Å². The maximum Gasteiger partial charge on any atom is 0.154 e. The molecular formula is C19H23NO2. The van der Waals surface area contributed by atoms with Crippen molar-refractivity contribution in [2.24, 2.45) is 0 Å². The van der Waals surface area contributed by atoms with Crippen LogP contribution in [0.1, 0.15) is 22.8 Å². The van der Waals surface area contributed by atoms with E-state index < -0.39 is 5.60 Å². The molecule has 1 N–H and O–H groups in total. The average Bonchev–Trinajstić information content (AvgIpc) is 2.72. The van der Waals surface area contributed by atoms with Gasteiger partial charge in [-0.3, -0.25) is 0 Å². The normalized spacial score (nSPS) is 23.6. The lowest BCUT2D eigenvalue weighted by molar-refractivity contribution is -0.0652. The molecule has 0 aromatic heterocycles. The predicted octanol–water partition coefficient (Wildman–Crippen LogP) is 2.96. The molecule has 1 aliphatic carbocycles. The fourth-order valence-corrected chi connectivity index (χ4v) is 3.34. The first-order valence-electron chi connectivity index (χ1n) is 7.67. The minimum absolute atomic E-state index is 0.341. The fraction of sp³-hybridized carbons (Fsp3) is 0.368. The highest BCUT2D eigenvalue weighted by Crippen LogP contribution is 2.43. The zero-order valence-corrected chi connectivity index (χ0v) is 13.4. The molecule has 3 nitrogen and oxygen atoms in total. The third-order valence-electron chi connectivity index (χ3n) is 4.25. The monoisotopic (exact) mass is 297 g/mol. The van der Waals surface area contributed by atoms with Crippen LogP contribution in [0.3, 0.4) is 0 Å². The van der Waals surface area contributed by atoms with Gasteiger partial charge >= 0.3 is 0 Å². The first-order valence-corrected chi connectivity index (χ1v) is 7.67. The fourth-order valence-electron chi connectivity index (χ4n) is 3.34. The Morgan fingerprint density at radius 3 is 2.55 bits per heavy atom. The molecule has 0 fully saturated rings. The van der Waals surface area contributed by atoms with Gasteiger partial charge in [-0.05, 0) is 43.8 Å². The SMILES string of the molecule is Cc1ccccc1OC1c2ccccc2CC1(O)CN(C)C. The lowest BCUT2D eigenvalue weighted by atomic mass is 9.96. The summed E-state index contributed by atoms with van der Waals surface area (Å²) in [5.74, 6) is 0.835. The third kappa shape index (κ3) is 2.74. The number of rotatable bonds is 4. The van der Waals surface area contributed by atoms with Crippen molar-refractivity contribution in [1.29, 1.82) is 0 Å². The molecule has 0 saturated carbocycles. The van der Waals surface area contributed by atoms with E-state index in [0.29, 0.717) is 13.0 Å². The second-order valence-electron chi connectivity index (χ2n) is 6.48. The number of hydrogen-bond donors (Lipinski definition) is 1. The smallest absolute Gasteiger partial charge is 0.154 e. The Kier molecular flexibility index (Phi) is 3.94. The summed E-state index contributed by atoms with van der Waals surface area (Å²) in [6, 6.07) is 16.1. The molecule has 2 aromatic carbocycles. The molecule has 3 rings (SSSR count). The standard InChI is InChI=1S/C19H23NO2/c1-14-8-4-7-11-17(14)22-18-16-10-6-5-9-15(16)12-19(18,21)13-20(2)3/h4-11,18,21H,12-13H2,1-3H3. The van der Waals surface area contributed by atoms with Crippen molar-refractivity contribution < 1.29 is 9.84 Å². The Morgan fingerprint density at radius 2 is 1.82 bits per heavy atom. The number of hydrogen-bond acceptors (Lipinski definition) is 3. The first kappa shape index (κ1) is 15.1. The average molecular weight is 297 g/mol. The zero-order valence-electron chi connectivity index (χ0n) is 13.4. The summed E-state index contributed by atoms with van der Waals surface area (Å²) in [6.45, 7) is 2.60. The molecular weight excluding hydrogens is 274 g/mol. The van der Waals surface area contributed by atoms with E-state index in [0.717, 1.165) is 16.9 Å². The van der Waals surface area contributed by atoms with Crippen molar-refractivity contribution in [3.8, 4) is 5.75 Å². The van der Waals surface area contributed by atoms with E-state index in [2.05, 4.69) is 12.1 Å². The van der Waals surface area contributed by atoms with Crippen LogP contribution >= 0.6 is 0 Å². The molecule has 0 bridgehead atoms. The highest BCUT2D eigenvalue weighted by atomic mass is 16.5. The second kappa shape index (κ2) is 5.75. The molecule has 0 spiro atoms. The number of fused-ring (bicyclic) bond motifs is 1. The van der Waals surface area contributed by atoms with Crippen LogP contribution in [0.25, 0.3) is 0 Å². The minimum atomic E-state index is -0.907. The Labute approximate surface area is 132 Å². The molecule has 0 amide bonds. The first-order chi connectivity index (χ1) is 10.5. The van der Waals surface area contributed by atoms with E-state index in [-0.39, 0.29) is 6.10 Å². The van der Waals surface area contributed by atoms with Crippen LogP contribution in [-0.2, 0) is 6.42 Å². The summed E-state index contributed by atoms with van der Waals surface area (Å²) in [7, 11) is 3.96. The topological polar surface area (TPSA) is 32.7 Å². The highest BCUT2D eigenvalue weighted by molar-refractivity contribution is 5.41. The van der Waals surface area contributed by atoms with Gasteiger partial charge in [0.15, 0.2) is 6.10 Å². The zero-order chi connectivity index (χ0) is 15.7. The molecule has 2 unspecified atom stereocenters. The van der Waals surface area contributed by atoms with Gasteiger partial charge in [0, 0.05) is 13.0 Å². The molecule has 116 valence electrons. The van der Waals surface area contributed by atoms with E-state index in [4.69, 9.17) is 4.74 Å². The van der Waals surface area contributed by atoms with Gasteiger partial charge in [-0.15, -0.1) is 0 Å². The van der Waals surface area contributed by atoms with Crippen LogP contribution in [0.4, 0.5) is 0 Å². The largest absolute Gasteiger partial charge is 0.482 e. The summed E-state index contributed by atoms with van der Waals surface area (Å²) < 4.78 is 6.27. The van der Waals surface area contributed by atoms with Crippen LogP contribution < -0.4 is 4.74 Å². The lowest BCUT2D eigenvalue weighted by Crippen LogP contribution is -2.45. The lowest BCUT2D eigenvalue weighted by Gasteiger charge is -2.33. The van der Waals surface area contributed by atoms with Gasteiger partial charge in [0.05, 0.1) is 0 Å². The van der Waals surface area contributed by atoms with Crippen molar-refractivity contribution in [2.45, 2.75) is 25.0 Å². The molecule has 3 heteroatoms. The number of likely N-dealkylation sites (N-methyl/N-ethyl adjacent to an activating group) is 1. The minimum Gasteiger partial charge on any atom is -0.482 e. The van der Waals surface area contributed by atoms with E-state index in [1.54, 1.807) is 0 Å². The Balaban J connectivity index is 1.98. The van der Waals surface area contributed by atoms with Gasteiger partial charge in [-0.25, -0.2) is 0 Å². The Bertz CT molecular complexity index is 668. The number of nitrogens with zero attached hydrogens (tertiary/aromatic N) is 1. The Hall–Kier alpha value is -1.84. The molecule has 2 atom stereocenters. The summed E-state index contributed by atoms with van der Waals surface area (Å²) in [4.78, 5) is 2.01. The number of aryl methyl sites for hydroxylation is 1. The predicted molar refractivity (Wildman–Crippen MR) is 88.2 cm³/mol. The highest BCUT2D eigenvalue weighted by Gasteiger charge is 2.46. The molecule has 22 heavy (non-hydrogen) atoms. The number of benzene rings is 2.